The lowest BCUT2D eigenvalue weighted by atomic mass is 10.2. The van der Waals surface area contributed by atoms with Gasteiger partial charge >= 0.3 is 0 Å². The Hall–Kier alpha value is -2.64. The molecule has 0 N–H and O–H groups in total. The number of nitrogens with zero attached hydrogens (tertiary/aromatic N) is 3. The minimum Gasteiger partial charge on any atom is -0.494 e. The van der Waals surface area contributed by atoms with Crippen LogP contribution in [-0.4, -0.2) is 56.7 Å². The van der Waals surface area contributed by atoms with Crippen LogP contribution < -0.4 is 14.4 Å². The average Bonchev–Trinajstić information content (AvgIpc) is 3.23. The second-order valence-electron chi connectivity index (χ2n) is 8.10. The molecule has 172 valence electrons. The zero-order valence-electron chi connectivity index (χ0n) is 19.7. The third kappa shape index (κ3) is 5.78. The summed E-state index contributed by atoms with van der Waals surface area (Å²) in [5, 5.41) is 0.689. The number of ether oxygens (including phenoxy) is 2. The van der Waals surface area contributed by atoms with Crippen LogP contribution in [0.2, 0.25) is 0 Å². The Kier molecular flexibility index (Phi) is 8.47. The van der Waals surface area contributed by atoms with Crippen molar-refractivity contribution in [2.45, 2.75) is 33.1 Å². The van der Waals surface area contributed by atoms with E-state index >= 15 is 0 Å². The van der Waals surface area contributed by atoms with Crippen LogP contribution in [0.25, 0.3) is 10.2 Å². The van der Waals surface area contributed by atoms with E-state index in [2.05, 4.69) is 18.7 Å². The van der Waals surface area contributed by atoms with Crippen molar-refractivity contribution in [2.24, 2.45) is 0 Å². The van der Waals surface area contributed by atoms with Crippen molar-refractivity contribution in [1.82, 2.24) is 9.88 Å². The summed E-state index contributed by atoms with van der Waals surface area (Å²) in [6.45, 7) is 6.30. The van der Waals surface area contributed by atoms with E-state index in [1.54, 1.807) is 12.0 Å². The topological polar surface area (TPSA) is 54.9 Å². The van der Waals surface area contributed by atoms with E-state index < -0.39 is 0 Å². The Morgan fingerprint density at radius 1 is 1.12 bits per heavy atom. The first-order valence-electron chi connectivity index (χ1n) is 11.1. The van der Waals surface area contributed by atoms with Crippen molar-refractivity contribution in [3.63, 3.8) is 0 Å². The Morgan fingerprint density at radius 3 is 2.66 bits per heavy atom. The van der Waals surface area contributed by atoms with Gasteiger partial charge in [-0.25, -0.2) is 4.98 Å². The summed E-state index contributed by atoms with van der Waals surface area (Å²) < 4.78 is 12.4. The number of benzene rings is 2. The lowest BCUT2D eigenvalue weighted by Gasteiger charge is -2.21. The van der Waals surface area contributed by atoms with Gasteiger partial charge in [0.2, 0.25) is 0 Å². The molecular weight excluding hydrogens is 422 g/mol. The summed E-state index contributed by atoms with van der Waals surface area (Å²) in [6, 6.07) is 11.4. The minimum absolute atomic E-state index is 0.0691. The first-order valence-corrected chi connectivity index (χ1v) is 11.9. The van der Waals surface area contributed by atoms with E-state index in [1.165, 1.54) is 11.3 Å². The van der Waals surface area contributed by atoms with Gasteiger partial charge in [0, 0.05) is 12.1 Å². The number of aryl methyl sites for hydroxylation is 1. The number of hydrogen-bond donors (Lipinski definition) is 0. The van der Waals surface area contributed by atoms with Crippen molar-refractivity contribution in [3.8, 4) is 11.5 Å². The summed E-state index contributed by atoms with van der Waals surface area (Å²) in [5.74, 6) is 1.37. The van der Waals surface area contributed by atoms with Crippen molar-refractivity contribution in [2.75, 3.05) is 45.8 Å². The molecule has 0 bridgehead atoms. The lowest BCUT2D eigenvalue weighted by molar-refractivity contribution is 0.0985. The number of carbonyl (C=O) groups excluding carboxylic acids is 1. The number of fused-ring (bicyclic) bond motifs is 1. The van der Waals surface area contributed by atoms with Gasteiger partial charge in [0.1, 0.15) is 17.0 Å². The summed E-state index contributed by atoms with van der Waals surface area (Å²) in [5.41, 5.74) is 2.53. The largest absolute Gasteiger partial charge is 0.494 e. The lowest BCUT2D eigenvalue weighted by Crippen LogP contribution is -2.33. The van der Waals surface area contributed by atoms with Crippen molar-refractivity contribution in [1.29, 1.82) is 0 Å². The summed E-state index contributed by atoms with van der Waals surface area (Å²) in [6.07, 6.45) is 2.90. The van der Waals surface area contributed by atoms with E-state index in [9.17, 15) is 4.79 Å². The zero-order valence-corrected chi connectivity index (χ0v) is 20.5. The first-order chi connectivity index (χ1) is 15.4. The normalized spacial score (nSPS) is 11.2. The molecule has 0 unspecified atom stereocenters. The molecule has 0 fully saturated rings. The smallest absolute Gasteiger partial charge is 0.260 e. The highest BCUT2D eigenvalue weighted by molar-refractivity contribution is 7.22. The fraction of sp³-hybridized carbons (Fsp3) is 0.440. The molecule has 0 aliphatic heterocycles. The summed E-state index contributed by atoms with van der Waals surface area (Å²) >= 11 is 1.53. The minimum atomic E-state index is -0.0691. The molecule has 1 heterocycles. The number of rotatable bonds is 11. The van der Waals surface area contributed by atoms with Crippen LogP contribution in [0, 0.1) is 6.92 Å². The molecule has 0 aliphatic rings. The van der Waals surface area contributed by atoms with Crippen LogP contribution in [0.4, 0.5) is 5.13 Å². The predicted octanol–water partition coefficient (Wildman–Crippen LogP) is 5.39. The highest BCUT2D eigenvalue weighted by Crippen LogP contribution is 2.37. The second kappa shape index (κ2) is 11.3. The van der Waals surface area contributed by atoms with Crippen LogP contribution in [0.3, 0.4) is 0 Å². The number of aromatic nitrogens is 1. The van der Waals surface area contributed by atoms with E-state index in [4.69, 9.17) is 14.5 Å². The Balaban J connectivity index is 1.94. The van der Waals surface area contributed by atoms with Gasteiger partial charge in [0.25, 0.3) is 5.91 Å². The molecule has 6 nitrogen and oxygen atoms in total. The molecule has 0 radical (unpaired) electrons. The first kappa shape index (κ1) is 24.0. The molecule has 0 saturated heterocycles. The highest BCUT2D eigenvalue weighted by Gasteiger charge is 2.23. The Labute approximate surface area is 194 Å². The molecule has 1 amide bonds. The number of hydrogen-bond acceptors (Lipinski definition) is 6. The van der Waals surface area contributed by atoms with E-state index in [0.717, 1.165) is 53.1 Å². The van der Waals surface area contributed by atoms with Crippen LogP contribution in [0.15, 0.2) is 36.4 Å². The van der Waals surface area contributed by atoms with Gasteiger partial charge < -0.3 is 14.4 Å². The molecular formula is C25H33N3O3S. The maximum atomic E-state index is 13.6. The molecule has 3 aromatic rings. The summed E-state index contributed by atoms with van der Waals surface area (Å²) in [4.78, 5) is 22.3. The van der Waals surface area contributed by atoms with Gasteiger partial charge in [-0.05, 0) is 70.2 Å². The average molecular weight is 456 g/mol. The van der Waals surface area contributed by atoms with E-state index in [0.29, 0.717) is 23.8 Å². The second-order valence-corrected chi connectivity index (χ2v) is 9.08. The number of methoxy groups -OCH3 is 1. The van der Waals surface area contributed by atoms with Crippen molar-refractivity contribution >= 4 is 32.6 Å². The molecule has 2 aromatic carbocycles. The van der Waals surface area contributed by atoms with Crippen LogP contribution in [-0.2, 0) is 0 Å². The molecule has 0 aliphatic carbocycles. The number of anilines is 1. The monoisotopic (exact) mass is 455 g/mol. The third-order valence-electron chi connectivity index (χ3n) is 5.22. The maximum Gasteiger partial charge on any atom is 0.260 e. The molecule has 0 saturated carbocycles. The quantitative estimate of drug-likeness (QED) is 0.363. The predicted molar refractivity (Wildman–Crippen MR) is 133 cm³/mol. The Morgan fingerprint density at radius 2 is 1.94 bits per heavy atom. The van der Waals surface area contributed by atoms with E-state index in [-0.39, 0.29) is 5.91 Å². The third-order valence-corrected chi connectivity index (χ3v) is 6.44. The van der Waals surface area contributed by atoms with Crippen LogP contribution in [0.1, 0.15) is 42.1 Å². The molecule has 32 heavy (non-hydrogen) atoms. The maximum absolute atomic E-state index is 13.6. The molecule has 1 aromatic heterocycles. The fourth-order valence-corrected chi connectivity index (χ4v) is 4.49. The number of unbranched alkanes of at least 4 members (excludes halogenated alkanes) is 1. The number of carbonyl (C=O) groups is 1. The van der Waals surface area contributed by atoms with Gasteiger partial charge in [-0.1, -0.05) is 36.8 Å². The van der Waals surface area contributed by atoms with Gasteiger partial charge in [-0.3, -0.25) is 9.69 Å². The number of thiazole rings is 1. The molecule has 0 atom stereocenters. The van der Waals surface area contributed by atoms with Crippen LogP contribution in [0.5, 0.6) is 11.5 Å². The summed E-state index contributed by atoms with van der Waals surface area (Å²) in [7, 11) is 5.72. The zero-order chi connectivity index (χ0) is 23.1. The van der Waals surface area contributed by atoms with Gasteiger partial charge in [0.15, 0.2) is 5.13 Å². The highest BCUT2D eigenvalue weighted by atomic mass is 32.1. The SMILES string of the molecule is CCCCOc1cccc(C(=O)N(CCCN(C)C)c2nc3c(OC)ccc(C)c3s2)c1. The number of amides is 1. The Bertz CT molecular complexity index is 1050. The standard InChI is InChI=1S/C25H33N3O3S/c1-6-7-16-31-20-11-8-10-19(17-20)24(29)28(15-9-14-27(3)4)25-26-22-21(30-5)13-12-18(2)23(22)32-25/h8,10-13,17H,6-7,9,14-16H2,1-5H3. The van der Waals surface area contributed by atoms with Crippen LogP contribution >= 0.6 is 11.3 Å². The molecule has 0 spiro atoms. The van der Waals surface area contributed by atoms with Crippen molar-refractivity contribution < 1.29 is 14.3 Å². The molecule has 7 heteroatoms. The van der Waals surface area contributed by atoms with Gasteiger partial charge in [0.05, 0.1) is 18.4 Å². The van der Waals surface area contributed by atoms with Gasteiger partial charge in [-0.2, -0.15) is 0 Å². The molecule has 3 rings (SSSR count). The van der Waals surface area contributed by atoms with Gasteiger partial charge in [-0.15, -0.1) is 0 Å². The van der Waals surface area contributed by atoms with E-state index in [1.807, 2.05) is 50.5 Å². The fourth-order valence-electron chi connectivity index (χ4n) is 3.42. The van der Waals surface area contributed by atoms with Crippen molar-refractivity contribution in [3.05, 3.63) is 47.5 Å².